The molecule has 2 aromatic carbocycles. The van der Waals surface area contributed by atoms with Gasteiger partial charge >= 0.3 is 5.97 Å². The van der Waals surface area contributed by atoms with Crippen molar-refractivity contribution in [1.82, 2.24) is 0 Å². The fourth-order valence-electron chi connectivity index (χ4n) is 2.41. The number of rotatable bonds is 6. The number of amides is 1. The zero-order valence-electron chi connectivity index (χ0n) is 15.1. The van der Waals surface area contributed by atoms with Crippen LogP contribution in [0.25, 0.3) is 0 Å². The SMILES string of the molecule is CCNc1ccc(C(=O)OCC)cc1NC(=O)c1cc(N)ccc1C.Cl. The van der Waals surface area contributed by atoms with Gasteiger partial charge in [0.05, 0.1) is 23.5 Å². The van der Waals surface area contributed by atoms with Gasteiger partial charge in [-0.2, -0.15) is 0 Å². The number of hydrogen-bond donors (Lipinski definition) is 3. The molecule has 0 fully saturated rings. The lowest BCUT2D eigenvalue weighted by atomic mass is 10.1. The highest BCUT2D eigenvalue weighted by Crippen LogP contribution is 2.25. The topological polar surface area (TPSA) is 93.5 Å². The molecule has 0 saturated carbocycles. The predicted molar refractivity (Wildman–Crippen MR) is 107 cm³/mol. The van der Waals surface area contributed by atoms with E-state index in [0.717, 1.165) is 11.3 Å². The Bertz CT molecular complexity index is 794. The molecule has 7 heteroatoms. The minimum absolute atomic E-state index is 0. The number of benzene rings is 2. The fraction of sp³-hybridized carbons (Fsp3) is 0.263. The second-order valence-corrected chi connectivity index (χ2v) is 5.54. The van der Waals surface area contributed by atoms with E-state index in [1.807, 2.05) is 13.8 Å². The van der Waals surface area contributed by atoms with Crippen LogP contribution in [0.1, 0.15) is 40.1 Å². The summed E-state index contributed by atoms with van der Waals surface area (Å²) >= 11 is 0. The Labute approximate surface area is 159 Å². The number of nitrogen functional groups attached to an aromatic ring is 1. The van der Waals surface area contributed by atoms with Crippen molar-refractivity contribution in [2.75, 3.05) is 29.5 Å². The molecule has 0 bridgehead atoms. The number of anilines is 3. The lowest BCUT2D eigenvalue weighted by Gasteiger charge is -2.14. The molecule has 2 aromatic rings. The molecular weight excluding hydrogens is 354 g/mol. The molecule has 4 N–H and O–H groups in total. The number of hydrogen-bond acceptors (Lipinski definition) is 5. The summed E-state index contributed by atoms with van der Waals surface area (Å²) in [6, 6.07) is 10.2. The minimum Gasteiger partial charge on any atom is -0.462 e. The van der Waals surface area contributed by atoms with Crippen molar-refractivity contribution in [3.05, 3.63) is 53.1 Å². The number of carbonyl (C=O) groups excluding carboxylic acids is 2. The second-order valence-electron chi connectivity index (χ2n) is 5.54. The van der Waals surface area contributed by atoms with Gasteiger partial charge in [0, 0.05) is 17.8 Å². The van der Waals surface area contributed by atoms with E-state index in [1.165, 1.54) is 0 Å². The first-order valence-corrected chi connectivity index (χ1v) is 8.18. The molecule has 26 heavy (non-hydrogen) atoms. The number of halogens is 1. The number of esters is 1. The third-order valence-corrected chi connectivity index (χ3v) is 3.65. The van der Waals surface area contributed by atoms with E-state index in [-0.39, 0.29) is 24.9 Å². The molecule has 0 heterocycles. The van der Waals surface area contributed by atoms with Crippen LogP contribution in [0.4, 0.5) is 17.1 Å². The van der Waals surface area contributed by atoms with E-state index in [4.69, 9.17) is 10.5 Å². The zero-order valence-corrected chi connectivity index (χ0v) is 15.9. The molecular formula is C19H24ClN3O3. The van der Waals surface area contributed by atoms with Crippen molar-refractivity contribution in [2.24, 2.45) is 0 Å². The van der Waals surface area contributed by atoms with Gasteiger partial charge in [-0.05, 0) is 56.7 Å². The van der Waals surface area contributed by atoms with Crippen LogP contribution in [0.2, 0.25) is 0 Å². The molecule has 2 rings (SSSR count). The molecule has 0 atom stereocenters. The van der Waals surface area contributed by atoms with Gasteiger partial charge in [-0.15, -0.1) is 12.4 Å². The summed E-state index contributed by atoms with van der Waals surface area (Å²) in [6.07, 6.45) is 0. The molecule has 0 aromatic heterocycles. The van der Waals surface area contributed by atoms with Crippen molar-refractivity contribution < 1.29 is 14.3 Å². The smallest absolute Gasteiger partial charge is 0.338 e. The summed E-state index contributed by atoms with van der Waals surface area (Å²) in [6.45, 7) is 6.51. The van der Waals surface area contributed by atoms with Crippen LogP contribution in [-0.4, -0.2) is 25.0 Å². The molecule has 0 spiro atoms. The summed E-state index contributed by atoms with van der Waals surface area (Å²) in [5.41, 5.74) is 9.22. The summed E-state index contributed by atoms with van der Waals surface area (Å²) in [5, 5.41) is 6.02. The van der Waals surface area contributed by atoms with Crippen molar-refractivity contribution in [3.8, 4) is 0 Å². The maximum absolute atomic E-state index is 12.6. The Kier molecular flexibility index (Phi) is 7.93. The summed E-state index contributed by atoms with van der Waals surface area (Å²) in [5.74, 6) is -0.717. The van der Waals surface area contributed by atoms with E-state index in [1.54, 1.807) is 43.3 Å². The normalized spacial score (nSPS) is 9.81. The minimum atomic E-state index is -0.429. The highest BCUT2D eigenvalue weighted by Gasteiger charge is 2.15. The van der Waals surface area contributed by atoms with E-state index in [2.05, 4.69) is 10.6 Å². The van der Waals surface area contributed by atoms with Gasteiger partial charge in [0.2, 0.25) is 0 Å². The van der Waals surface area contributed by atoms with E-state index in [9.17, 15) is 9.59 Å². The highest BCUT2D eigenvalue weighted by molar-refractivity contribution is 6.08. The molecule has 0 aliphatic rings. The Morgan fingerprint density at radius 3 is 2.46 bits per heavy atom. The van der Waals surface area contributed by atoms with Gasteiger partial charge in [0.15, 0.2) is 0 Å². The summed E-state index contributed by atoms with van der Waals surface area (Å²) in [4.78, 5) is 24.6. The molecule has 6 nitrogen and oxygen atoms in total. The monoisotopic (exact) mass is 377 g/mol. The molecule has 140 valence electrons. The Morgan fingerprint density at radius 1 is 1.08 bits per heavy atom. The van der Waals surface area contributed by atoms with Crippen LogP contribution in [0.5, 0.6) is 0 Å². The van der Waals surface area contributed by atoms with E-state index >= 15 is 0 Å². The summed E-state index contributed by atoms with van der Waals surface area (Å²) in [7, 11) is 0. The fourth-order valence-corrected chi connectivity index (χ4v) is 2.41. The van der Waals surface area contributed by atoms with Gasteiger partial charge in [0.25, 0.3) is 5.91 Å². The molecule has 1 amide bonds. The van der Waals surface area contributed by atoms with Crippen LogP contribution >= 0.6 is 12.4 Å². The maximum Gasteiger partial charge on any atom is 0.338 e. The largest absolute Gasteiger partial charge is 0.462 e. The van der Waals surface area contributed by atoms with Crippen molar-refractivity contribution in [1.29, 1.82) is 0 Å². The lowest BCUT2D eigenvalue weighted by molar-refractivity contribution is 0.0526. The second kappa shape index (κ2) is 9.68. The third-order valence-electron chi connectivity index (χ3n) is 3.65. The van der Waals surface area contributed by atoms with Crippen molar-refractivity contribution in [3.63, 3.8) is 0 Å². The average Bonchev–Trinajstić information content (AvgIpc) is 2.58. The van der Waals surface area contributed by atoms with Crippen LogP contribution < -0.4 is 16.4 Å². The number of carbonyl (C=O) groups is 2. The highest BCUT2D eigenvalue weighted by atomic mass is 35.5. The Balaban J connectivity index is 0.00000338. The van der Waals surface area contributed by atoms with Crippen LogP contribution in [-0.2, 0) is 4.74 Å². The number of nitrogens with two attached hydrogens (primary N) is 1. The Morgan fingerprint density at radius 2 is 1.81 bits per heavy atom. The lowest BCUT2D eigenvalue weighted by Crippen LogP contribution is -2.16. The van der Waals surface area contributed by atoms with Gasteiger partial charge in [0.1, 0.15) is 0 Å². The predicted octanol–water partition coefficient (Wildman–Crippen LogP) is 3.86. The number of ether oxygens (including phenoxy) is 1. The molecule has 0 aliphatic heterocycles. The molecule has 0 radical (unpaired) electrons. The first-order chi connectivity index (χ1) is 12.0. The van der Waals surface area contributed by atoms with Gasteiger partial charge in [-0.25, -0.2) is 4.79 Å². The van der Waals surface area contributed by atoms with Gasteiger partial charge < -0.3 is 21.1 Å². The van der Waals surface area contributed by atoms with Crippen LogP contribution in [0.15, 0.2) is 36.4 Å². The van der Waals surface area contributed by atoms with E-state index in [0.29, 0.717) is 29.0 Å². The van der Waals surface area contributed by atoms with Crippen LogP contribution in [0, 0.1) is 6.92 Å². The molecule has 0 unspecified atom stereocenters. The standard InChI is InChI=1S/C19H23N3O3.ClH/c1-4-21-16-9-7-13(19(24)25-5-2)10-17(16)22-18(23)15-11-14(20)8-6-12(15)3;/h6-11,21H,4-5,20H2,1-3H3,(H,22,23);1H. The van der Waals surface area contributed by atoms with E-state index < -0.39 is 5.97 Å². The average molecular weight is 378 g/mol. The van der Waals surface area contributed by atoms with Gasteiger partial charge in [-0.1, -0.05) is 6.07 Å². The first-order valence-electron chi connectivity index (χ1n) is 8.18. The Hall–Kier alpha value is -2.73. The van der Waals surface area contributed by atoms with Crippen LogP contribution in [0.3, 0.4) is 0 Å². The first kappa shape index (κ1) is 21.3. The zero-order chi connectivity index (χ0) is 18.4. The molecule has 0 aliphatic carbocycles. The molecule has 0 saturated heterocycles. The quantitative estimate of drug-likeness (QED) is 0.525. The third kappa shape index (κ3) is 5.13. The van der Waals surface area contributed by atoms with Crippen molar-refractivity contribution in [2.45, 2.75) is 20.8 Å². The number of nitrogens with one attached hydrogen (secondary N) is 2. The van der Waals surface area contributed by atoms with Crippen molar-refractivity contribution >= 4 is 41.3 Å². The number of aryl methyl sites for hydroxylation is 1. The van der Waals surface area contributed by atoms with Gasteiger partial charge in [-0.3, -0.25) is 4.79 Å². The summed E-state index contributed by atoms with van der Waals surface area (Å²) < 4.78 is 5.02. The maximum atomic E-state index is 12.6.